The van der Waals surface area contributed by atoms with Crippen LogP contribution in [0.25, 0.3) is 0 Å². The van der Waals surface area contributed by atoms with Crippen molar-refractivity contribution in [1.82, 2.24) is 10.3 Å². The molecule has 0 aliphatic carbocycles. The van der Waals surface area contributed by atoms with Crippen LogP contribution in [0.3, 0.4) is 0 Å². The molecule has 2 heterocycles. The second-order valence-electron chi connectivity index (χ2n) is 3.99. The van der Waals surface area contributed by atoms with Gasteiger partial charge in [0, 0.05) is 24.2 Å². The van der Waals surface area contributed by atoms with E-state index in [2.05, 4.69) is 10.3 Å². The van der Waals surface area contributed by atoms with E-state index in [0.717, 1.165) is 18.8 Å². The van der Waals surface area contributed by atoms with Crippen molar-refractivity contribution in [3.8, 4) is 11.6 Å². The third kappa shape index (κ3) is 2.11. The van der Waals surface area contributed by atoms with E-state index in [4.69, 9.17) is 9.47 Å². The van der Waals surface area contributed by atoms with Gasteiger partial charge in [0.2, 0.25) is 0 Å². The predicted molar refractivity (Wildman–Crippen MR) is 62.2 cm³/mol. The maximum absolute atomic E-state index is 5.41. The Balaban J connectivity index is 2.30. The summed E-state index contributed by atoms with van der Waals surface area (Å²) in [6.45, 7) is 2.12. The lowest BCUT2D eigenvalue weighted by Gasteiger charge is -2.24. The van der Waals surface area contributed by atoms with Gasteiger partial charge in [0.05, 0.1) is 14.2 Å². The number of ether oxygens (including phenoxy) is 2. The number of nitrogens with zero attached hydrogens (tertiary/aromatic N) is 1. The molecule has 2 rings (SSSR count). The standard InChI is InChI=1S/C12H18N2O2/c1-15-11-10(5-7-14-12(11)16-2)9-4-3-6-13-8-9/h5,7,9,13H,3-4,6,8H2,1-2H3. The molecule has 1 aromatic heterocycles. The fourth-order valence-corrected chi connectivity index (χ4v) is 2.23. The third-order valence-electron chi connectivity index (χ3n) is 3.04. The summed E-state index contributed by atoms with van der Waals surface area (Å²) in [6, 6.07) is 2.03. The summed E-state index contributed by atoms with van der Waals surface area (Å²) >= 11 is 0. The van der Waals surface area contributed by atoms with Crippen LogP contribution in [0.5, 0.6) is 11.6 Å². The van der Waals surface area contributed by atoms with Gasteiger partial charge in [0.25, 0.3) is 5.88 Å². The highest BCUT2D eigenvalue weighted by atomic mass is 16.5. The van der Waals surface area contributed by atoms with Crippen LogP contribution in [0.1, 0.15) is 24.3 Å². The summed E-state index contributed by atoms with van der Waals surface area (Å²) in [7, 11) is 3.28. The molecule has 4 heteroatoms. The summed E-state index contributed by atoms with van der Waals surface area (Å²) in [6.07, 6.45) is 4.18. The molecule has 4 nitrogen and oxygen atoms in total. The molecule has 16 heavy (non-hydrogen) atoms. The number of pyridine rings is 1. The van der Waals surface area contributed by atoms with Crippen LogP contribution in [0, 0.1) is 0 Å². The zero-order valence-corrected chi connectivity index (χ0v) is 9.82. The third-order valence-corrected chi connectivity index (χ3v) is 3.04. The number of hydrogen-bond acceptors (Lipinski definition) is 4. The smallest absolute Gasteiger partial charge is 0.256 e. The summed E-state index contributed by atoms with van der Waals surface area (Å²) < 4.78 is 10.6. The van der Waals surface area contributed by atoms with E-state index in [-0.39, 0.29) is 0 Å². The monoisotopic (exact) mass is 222 g/mol. The number of methoxy groups -OCH3 is 2. The molecular weight excluding hydrogens is 204 g/mol. The van der Waals surface area contributed by atoms with Gasteiger partial charge >= 0.3 is 0 Å². The first-order chi connectivity index (χ1) is 7.86. The molecule has 0 bridgehead atoms. The molecule has 1 aromatic rings. The van der Waals surface area contributed by atoms with Crippen molar-refractivity contribution in [2.24, 2.45) is 0 Å². The minimum absolute atomic E-state index is 0.501. The molecule has 1 aliphatic heterocycles. The average Bonchev–Trinajstić information content (AvgIpc) is 2.38. The van der Waals surface area contributed by atoms with Gasteiger partial charge in [0.1, 0.15) is 0 Å². The Morgan fingerprint density at radius 2 is 2.25 bits per heavy atom. The molecule has 0 aromatic carbocycles. The van der Waals surface area contributed by atoms with Crippen molar-refractivity contribution in [1.29, 1.82) is 0 Å². The molecule has 0 saturated carbocycles. The van der Waals surface area contributed by atoms with Crippen molar-refractivity contribution in [2.75, 3.05) is 27.3 Å². The van der Waals surface area contributed by atoms with Gasteiger partial charge in [-0.1, -0.05) is 0 Å². The van der Waals surface area contributed by atoms with E-state index >= 15 is 0 Å². The molecule has 0 spiro atoms. The summed E-state index contributed by atoms with van der Waals surface area (Å²) in [4.78, 5) is 4.16. The first kappa shape index (κ1) is 11.2. The van der Waals surface area contributed by atoms with Crippen LogP contribution in [0.2, 0.25) is 0 Å². The van der Waals surface area contributed by atoms with Crippen LogP contribution >= 0.6 is 0 Å². The van der Waals surface area contributed by atoms with Crippen molar-refractivity contribution in [2.45, 2.75) is 18.8 Å². The van der Waals surface area contributed by atoms with Crippen LogP contribution in [-0.4, -0.2) is 32.3 Å². The van der Waals surface area contributed by atoms with Crippen LogP contribution in [0.4, 0.5) is 0 Å². The highest BCUT2D eigenvalue weighted by Crippen LogP contribution is 2.35. The Morgan fingerprint density at radius 3 is 2.88 bits per heavy atom. The summed E-state index contributed by atoms with van der Waals surface area (Å²) in [5, 5.41) is 3.41. The average molecular weight is 222 g/mol. The number of nitrogens with one attached hydrogen (secondary N) is 1. The first-order valence-corrected chi connectivity index (χ1v) is 5.64. The minimum atomic E-state index is 0.501. The maximum Gasteiger partial charge on any atom is 0.256 e. The second-order valence-corrected chi connectivity index (χ2v) is 3.99. The summed E-state index contributed by atoms with van der Waals surface area (Å²) in [5.74, 6) is 1.85. The normalized spacial score (nSPS) is 20.5. The SMILES string of the molecule is COc1nccc(C2CCCNC2)c1OC. The van der Waals surface area contributed by atoms with E-state index in [1.165, 1.54) is 18.4 Å². The Kier molecular flexibility index (Phi) is 3.62. The highest BCUT2D eigenvalue weighted by molar-refractivity contribution is 5.43. The van der Waals surface area contributed by atoms with Gasteiger partial charge < -0.3 is 14.8 Å². The van der Waals surface area contributed by atoms with Gasteiger partial charge in [0.15, 0.2) is 5.75 Å². The predicted octanol–water partition coefficient (Wildman–Crippen LogP) is 1.57. The van der Waals surface area contributed by atoms with Crippen molar-refractivity contribution in [3.63, 3.8) is 0 Å². The molecule has 0 amide bonds. The minimum Gasteiger partial charge on any atom is -0.491 e. The molecule has 1 atom stereocenters. The molecule has 1 fully saturated rings. The number of aromatic nitrogens is 1. The van der Waals surface area contributed by atoms with E-state index in [1.807, 2.05) is 6.07 Å². The fourth-order valence-electron chi connectivity index (χ4n) is 2.23. The second kappa shape index (κ2) is 5.16. The van der Waals surface area contributed by atoms with E-state index in [0.29, 0.717) is 11.8 Å². The van der Waals surface area contributed by atoms with Gasteiger partial charge in [-0.15, -0.1) is 0 Å². The van der Waals surface area contributed by atoms with Crippen molar-refractivity contribution in [3.05, 3.63) is 17.8 Å². The molecule has 1 N–H and O–H groups in total. The first-order valence-electron chi connectivity index (χ1n) is 5.64. The van der Waals surface area contributed by atoms with Crippen molar-refractivity contribution < 1.29 is 9.47 Å². The Bertz CT molecular complexity index is 349. The molecule has 0 radical (unpaired) electrons. The van der Waals surface area contributed by atoms with E-state index in [1.54, 1.807) is 20.4 Å². The lowest BCUT2D eigenvalue weighted by molar-refractivity contribution is 0.334. The maximum atomic E-state index is 5.41. The van der Waals surface area contributed by atoms with Crippen LogP contribution in [0.15, 0.2) is 12.3 Å². The lowest BCUT2D eigenvalue weighted by atomic mass is 9.91. The number of piperidine rings is 1. The van der Waals surface area contributed by atoms with Gasteiger partial charge in [-0.2, -0.15) is 0 Å². The zero-order valence-electron chi connectivity index (χ0n) is 9.82. The number of hydrogen-bond donors (Lipinski definition) is 1. The zero-order chi connectivity index (χ0) is 11.4. The molecule has 1 aliphatic rings. The Morgan fingerprint density at radius 1 is 1.38 bits per heavy atom. The largest absolute Gasteiger partial charge is 0.491 e. The topological polar surface area (TPSA) is 43.4 Å². The van der Waals surface area contributed by atoms with Gasteiger partial charge in [-0.05, 0) is 25.5 Å². The molecule has 88 valence electrons. The van der Waals surface area contributed by atoms with Gasteiger partial charge in [-0.3, -0.25) is 0 Å². The van der Waals surface area contributed by atoms with Crippen LogP contribution in [-0.2, 0) is 0 Å². The Labute approximate surface area is 96.0 Å². The molecule has 1 unspecified atom stereocenters. The molecular formula is C12H18N2O2. The fraction of sp³-hybridized carbons (Fsp3) is 0.583. The lowest BCUT2D eigenvalue weighted by Crippen LogP contribution is -2.28. The van der Waals surface area contributed by atoms with Crippen molar-refractivity contribution >= 4 is 0 Å². The molecule has 1 saturated heterocycles. The van der Waals surface area contributed by atoms with Crippen LogP contribution < -0.4 is 14.8 Å². The van der Waals surface area contributed by atoms with E-state index < -0.39 is 0 Å². The summed E-state index contributed by atoms with van der Waals surface area (Å²) in [5.41, 5.74) is 1.20. The quantitative estimate of drug-likeness (QED) is 0.843. The Hall–Kier alpha value is -1.29. The van der Waals surface area contributed by atoms with Gasteiger partial charge in [-0.25, -0.2) is 4.98 Å². The van der Waals surface area contributed by atoms with E-state index in [9.17, 15) is 0 Å². The highest BCUT2D eigenvalue weighted by Gasteiger charge is 2.21. The number of rotatable bonds is 3.